The Morgan fingerprint density at radius 2 is 1.95 bits per heavy atom. The van der Waals surface area contributed by atoms with Crippen LogP contribution in [0.4, 0.5) is 4.39 Å². The summed E-state index contributed by atoms with van der Waals surface area (Å²) >= 11 is 0. The van der Waals surface area contributed by atoms with Crippen LogP contribution < -0.4 is 4.74 Å². The van der Waals surface area contributed by atoms with Crippen molar-refractivity contribution in [2.24, 2.45) is 5.92 Å². The van der Waals surface area contributed by atoms with Crippen LogP contribution in [0.5, 0.6) is 5.75 Å². The van der Waals surface area contributed by atoms with Gasteiger partial charge >= 0.3 is 0 Å². The lowest BCUT2D eigenvalue weighted by Gasteiger charge is -2.30. The van der Waals surface area contributed by atoms with Gasteiger partial charge < -0.3 is 9.47 Å². The Morgan fingerprint density at radius 3 is 2.64 bits per heavy atom. The van der Waals surface area contributed by atoms with Gasteiger partial charge in [0.15, 0.2) is 17.9 Å². The highest BCUT2D eigenvalue weighted by Gasteiger charge is 2.27. The Kier molecular flexibility index (Phi) is 5.02. The van der Waals surface area contributed by atoms with Crippen LogP contribution in [-0.2, 0) is 11.2 Å². The molecule has 1 aliphatic carbocycles. The van der Waals surface area contributed by atoms with Crippen LogP contribution >= 0.6 is 0 Å². The maximum Gasteiger partial charge on any atom is 0.200 e. The molecular weight excluding hydrogens is 279 g/mol. The van der Waals surface area contributed by atoms with E-state index in [9.17, 15) is 4.39 Å². The second kappa shape index (κ2) is 6.99. The van der Waals surface area contributed by atoms with Gasteiger partial charge in [-0.25, -0.2) is 4.39 Å². The highest BCUT2D eigenvalue weighted by atomic mass is 19.1. The Balaban J connectivity index is 1.72. The quantitative estimate of drug-likeness (QED) is 0.761. The molecule has 0 bridgehead atoms. The number of ether oxygens (including phenoxy) is 2. The van der Waals surface area contributed by atoms with E-state index in [2.05, 4.69) is 13.0 Å². The third-order valence-corrected chi connectivity index (χ3v) is 5.32. The van der Waals surface area contributed by atoms with Gasteiger partial charge in [-0.05, 0) is 61.1 Å². The van der Waals surface area contributed by atoms with Crippen LogP contribution in [0.25, 0.3) is 0 Å². The molecule has 1 heterocycles. The lowest BCUT2D eigenvalue weighted by Crippen LogP contribution is -2.25. The van der Waals surface area contributed by atoms with Crippen LogP contribution in [0.1, 0.15) is 68.9 Å². The monoisotopic (exact) mass is 306 g/mol. The Hall–Kier alpha value is -1.09. The Labute approximate surface area is 133 Å². The first-order valence-electron chi connectivity index (χ1n) is 8.73. The topological polar surface area (TPSA) is 18.5 Å². The molecule has 3 rings (SSSR count). The number of aryl methyl sites for hydroxylation is 1. The van der Waals surface area contributed by atoms with Crippen LogP contribution in [-0.4, -0.2) is 13.4 Å². The van der Waals surface area contributed by atoms with Crippen molar-refractivity contribution in [3.63, 3.8) is 0 Å². The smallest absolute Gasteiger partial charge is 0.200 e. The summed E-state index contributed by atoms with van der Waals surface area (Å²) in [4.78, 5) is 0. The SMILES string of the molecule is CCCC1CCC(c2cc(F)c3c(c2)CCC(OC)O3)CC1. The standard InChI is InChI=1S/C19H27FO2/c1-3-4-13-5-7-14(8-6-13)16-11-15-9-10-18(21-2)22-19(15)17(20)12-16/h11-14,18H,3-10H2,1-2H3. The fourth-order valence-corrected chi connectivity index (χ4v) is 4.05. The highest BCUT2D eigenvalue weighted by molar-refractivity contribution is 5.41. The van der Waals surface area contributed by atoms with Gasteiger partial charge in [0.1, 0.15) is 0 Å². The summed E-state index contributed by atoms with van der Waals surface area (Å²) in [6, 6.07) is 3.87. The maximum atomic E-state index is 14.4. The van der Waals surface area contributed by atoms with Crippen molar-refractivity contribution in [1.82, 2.24) is 0 Å². The second-order valence-electron chi connectivity index (χ2n) is 6.82. The molecule has 1 fully saturated rings. The molecule has 0 spiro atoms. The average Bonchev–Trinajstić information content (AvgIpc) is 2.55. The van der Waals surface area contributed by atoms with E-state index in [4.69, 9.17) is 9.47 Å². The number of halogens is 1. The first-order chi connectivity index (χ1) is 10.7. The predicted octanol–water partition coefficient (Wildman–Crippen LogP) is 5.20. The number of hydrogen-bond acceptors (Lipinski definition) is 2. The molecule has 1 aliphatic heterocycles. The van der Waals surface area contributed by atoms with E-state index in [0.29, 0.717) is 11.7 Å². The summed E-state index contributed by atoms with van der Waals surface area (Å²) in [5.74, 6) is 1.59. The van der Waals surface area contributed by atoms with Crippen LogP contribution in [0.15, 0.2) is 12.1 Å². The lowest BCUT2D eigenvalue weighted by atomic mass is 9.77. The first kappa shape index (κ1) is 15.8. The van der Waals surface area contributed by atoms with Gasteiger partial charge in [-0.15, -0.1) is 0 Å². The summed E-state index contributed by atoms with van der Waals surface area (Å²) in [5.41, 5.74) is 2.18. The van der Waals surface area contributed by atoms with Gasteiger partial charge in [0.2, 0.25) is 0 Å². The Bertz CT molecular complexity index is 506. The fraction of sp³-hybridized carbons (Fsp3) is 0.684. The Morgan fingerprint density at radius 1 is 1.18 bits per heavy atom. The minimum atomic E-state index is -0.308. The highest BCUT2D eigenvalue weighted by Crippen LogP contribution is 2.40. The number of benzene rings is 1. The minimum absolute atomic E-state index is 0.218. The average molecular weight is 306 g/mol. The van der Waals surface area contributed by atoms with E-state index in [1.807, 2.05) is 0 Å². The van der Waals surface area contributed by atoms with Gasteiger partial charge in [-0.2, -0.15) is 0 Å². The molecule has 0 N–H and O–H groups in total. The van der Waals surface area contributed by atoms with E-state index in [1.165, 1.54) is 44.1 Å². The lowest BCUT2D eigenvalue weighted by molar-refractivity contribution is -0.0675. The largest absolute Gasteiger partial charge is 0.462 e. The van der Waals surface area contributed by atoms with Crippen molar-refractivity contribution in [3.05, 3.63) is 29.1 Å². The molecule has 22 heavy (non-hydrogen) atoms. The van der Waals surface area contributed by atoms with Gasteiger partial charge in [0, 0.05) is 13.5 Å². The number of hydrogen-bond donors (Lipinski definition) is 0. The molecule has 0 saturated heterocycles. The number of rotatable bonds is 4. The van der Waals surface area contributed by atoms with Crippen molar-refractivity contribution >= 4 is 0 Å². The second-order valence-corrected chi connectivity index (χ2v) is 6.82. The van der Waals surface area contributed by atoms with E-state index in [-0.39, 0.29) is 12.1 Å². The van der Waals surface area contributed by atoms with Crippen LogP contribution in [0.3, 0.4) is 0 Å². The van der Waals surface area contributed by atoms with Crippen molar-refractivity contribution in [3.8, 4) is 5.75 Å². The zero-order valence-corrected chi connectivity index (χ0v) is 13.7. The third-order valence-electron chi connectivity index (χ3n) is 5.32. The summed E-state index contributed by atoms with van der Waals surface area (Å²) < 4.78 is 25.2. The molecule has 0 amide bonds. The van der Waals surface area contributed by atoms with Crippen molar-refractivity contribution in [2.75, 3.05) is 7.11 Å². The first-order valence-corrected chi connectivity index (χ1v) is 8.73. The molecular formula is C19H27FO2. The summed E-state index contributed by atoms with van der Waals surface area (Å²) in [5, 5.41) is 0. The normalized spacial score (nSPS) is 28.0. The van der Waals surface area contributed by atoms with Gasteiger partial charge in [-0.3, -0.25) is 0 Å². The summed E-state index contributed by atoms with van der Waals surface area (Å²) in [6.07, 6.45) is 8.93. The number of fused-ring (bicyclic) bond motifs is 1. The van der Waals surface area contributed by atoms with Crippen molar-refractivity contribution in [1.29, 1.82) is 0 Å². The molecule has 0 radical (unpaired) electrons. The van der Waals surface area contributed by atoms with E-state index >= 15 is 0 Å². The maximum absolute atomic E-state index is 14.4. The van der Waals surface area contributed by atoms with E-state index in [1.54, 1.807) is 13.2 Å². The zero-order valence-electron chi connectivity index (χ0n) is 13.7. The summed E-state index contributed by atoms with van der Waals surface area (Å²) in [7, 11) is 1.61. The molecule has 1 aromatic carbocycles. The van der Waals surface area contributed by atoms with E-state index in [0.717, 1.165) is 24.3 Å². The predicted molar refractivity (Wildman–Crippen MR) is 85.8 cm³/mol. The summed E-state index contributed by atoms with van der Waals surface area (Å²) in [6.45, 7) is 2.26. The fourth-order valence-electron chi connectivity index (χ4n) is 4.05. The molecule has 0 aromatic heterocycles. The molecule has 1 saturated carbocycles. The number of methoxy groups -OCH3 is 1. The third kappa shape index (κ3) is 3.29. The molecule has 1 unspecified atom stereocenters. The molecule has 2 nitrogen and oxygen atoms in total. The molecule has 122 valence electrons. The van der Waals surface area contributed by atoms with Gasteiger partial charge in [0.25, 0.3) is 0 Å². The minimum Gasteiger partial charge on any atom is -0.462 e. The van der Waals surface area contributed by atoms with E-state index < -0.39 is 0 Å². The molecule has 3 heteroatoms. The van der Waals surface area contributed by atoms with Crippen LogP contribution in [0.2, 0.25) is 0 Å². The van der Waals surface area contributed by atoms with Crippen LogP contribution in [0, 0.1) is 11.7 Å². The molecule has 1 atom stereocenters. The molecule has 1 aromatic rings. The zero-order chi connectivity index (χ0) is 15.5. The van der Waals surface area contributed by atoms with Crippen molar-refractivity contribution < 1.29 is 13.9 Å². The molecule has 2 aliphatic rings. The van der Waals surface area contributed by atoms with Gasteiger partial charge in [0.05, 0.1) is 0 Å². The van der Waals surface area contributed by atoms with Crippen molar-refractivity contribution in [2.45, 2.75) is 70.5 Å². The van der Waals surface area contributed by atoms with Gasteiger partial charge in [-0.1, -0.05) is 25.8 Å².